The zero-order valence-corrected chi connectivity index (χ0v) is 16.2. The lowest BCUT2D eigenvalue weighted by atomic mass is 10.0. The second-order valence-corrected chi connectivity index (χ2v) is 7.22. The first-order chi connectivity index (χ1) is 13.7. The number of pyridine rings is 1. The number of nitrogens with zero attached hydrogens (tertiary/aromatic N) is 3. The van der Waals surface area contributed by atoms with Gasteiger partial charge in [0.25, 0.3) is 0 Å². The summed E-state index contributed by atoms with van der Waals surface area (Å²) in [6.45, 7) is 8.80. The molecule has 0 saturated carbocycles. The lowest BCUT2D eigenvalue weighted by Gasteiger charge is -2.19. The second kappa shape index (κ2) is 6.53. The van der Waals surface area contributed by atoms with Crippen molar-refractivity contribution < 1.29 is 0 Å². The van der Waals surface area contributed by atoms with Crippen molar-refractivity contribution >= 4 is 44.1 Å². The fourth-order valence-electron chi connectivity index (χ4n) is 4.32. The molecule has 5 rings (SSSR count). The topological polar surface area (TPSA) is 78.0 Å². The maximum atomic E-state index is 13.6. The smallest absolute Gasteiger partial charge is 0.200 e. The summed E-state index contributed by atoms with van der Waals surface area (Å²) in [7, 11) is 0. The molecule has 3 heterocycles. The van der Waals surface area contributed by atoms with Crippen LogP contribution in [0.3, 0.4) is 0 Å². The van der Waals surface area contributed by atoms with Gasteiger partial charge in [-0.25, -0.2) is 0 Å². The van der Waals surface area contributed by atoms with Gasteiger partial charge in [-0.1, -0.05) is 13.8 Å². The Labute approximate surface area is 162 Å². The molecule has 0 spiro atoms. The van der Waals surface area contributed by atoms with Gasteiger partial charge in [-0.3, -0.25) is 9.89 Å². The van der Waals surface area contributed by atoms with Crippen LogP contribution in [0.4, 0.5) is 11.4 Å². The first kappa shape index (κ1) is 17.1. The summed E-state index contributed by atoms with van der Waals surface area (Å²) in [5.74, 6) is 0. The first-order valence-electron chi connectivity index (χ1n) is 9.88. The molecule has 1 aliphatic heterocycles. The maximum absolute atomic E-state index is 13.6. The van der Waals surface area contributed by atoms with E-state index >= 15 is 0 Å². The minimum Gasteiger partial charge on any atom is -0.383 e. The first-order valence-corrected chi connectivity index (χ1v) is 9.88. The highest BCUT2D eigenvalue weighted by Crippen LogP contribution is 2.35. The Kier molecular flexibility index (Phi) is 3.98. The van der Waals surface area contributed by atoms with E-state index in [9.17, 15) is 4.79 Å². The zero-order valence-electron chi connectivity index (χ0n) is 16.2. The molecule has 4 aromatic rings. The van der Waals surface area contributed by atoms with E-state index < -0.39 is 0 Å². The van der Waals surface area contributed by atoms with Gasteiger partial charge < -0.3 is 20.1 Å². The second-order valence-electron chi connectivity index (χ2n) is 7.22. The van der Waals surface area contributed by atoms with Gasteiger partial charge in [-0.05, 0) is 37.4 Å². The molecule has 28 heavy (non-hydrogen) atoms. The standard InChI is InChI=1S/C21H24N6O/c1-3-26(4-2)10-9-22-15-5-6-16-20-19(15)21(28)18-13-11-24-25-14(13)7-8-17(18)27(20)12-23-16/h5-8,11,22-23H,3-4,9-10,12H2,1-2H3,(H,24,25). The summed E-state index contributed by atoms with van der Waals surface area (Å²) in [6, 6.07) is 8.08. The summed E-state index contributed by atoms with van der Waals surface area (Å²) in [6.07, 6.45) is 1.75. The zero-order chi connectivity index (χ0) is 19.3. The van der Waals surface area contributed by atoms with Crippen LogP contribution in [-0.4, -0.2) is 45.8 Å². The van der Waals surface area contributed by atoms with Crippen molar-refractivity contribution in [3.05, 3.63) is 40.7 Å². The van der Waals surface area contributed by atoms with Crippen LogP contribution in [0.1, 0.15) is 13.8 Å². The van der Waals surface area contributed by atoms with Crippen molar-refractivity contribution in [1.82, 2.24) is 19.7 Å². The number of rotatable bonds is 6. The molecular weight excluding hydrogens is 352 g/mol. The van der Waals surface area contributed by atoms with Crippen molar-refractivity contribution in [1.29, 1.82) is 0 Å². The number of aromatic amines is 1. The molecule has 144 valence electrons. The largest absolute Gasteiger partial charge is 0.383 e. The average molecular weight is 376 g/mol. The van der Waals surface area contributed by atoms with E-state index in [1.165, 1.54) is 0 Å². The normalized spacial score (nSPS) is 13.1. The van der Waals surface area contributed by atoms with Crippen LogP contribution in [0.25, 0.3) is 32.7 Å². The van der Waals surface area contributed by atoms with E-state index in [0.717, 1.165) is 70.3 Å². The molecule has 0 radical (unpaired) electrons. The fraction of sp³-hybridized carbons (Fsp3) is 0.333. The van der Waals surface area contributed by atoms with Crippen LogP contribution in [-0.2, 0) is 6.67 Å². The Hall–Kier alpha value is -3.06. The molecule has 2 aromatic carbocycles. The Balaban J connectivity index is 1.72. The number of aromatic nitrogens is 3. The summed E-state index contributed by atoms with van der Waals surface area (Å²) in [5, 5.41) is 16.4. The minimum atomic E-state index is 0.0594. The number of anilines is 2. The summed E-state index contributed by atoms with van der Waals surface area (Å²) in [4.78, 5) is 16.0. The number of H-pyrrole nitrogens is 1. The molecule has 3 N–H and O–H groups in total. The van der Waals surface area contributed by atoms with E-state index in [1.807, 2.05) is 18.2 Å². The van der Waals surface area contributed by atoms with Crippen molar-refractivity contribution in [2.24, 2.45) is 0 Å². The third-order valence-corrected chi connectivity index (χ3v) is 5.86. The van der Waals surface area contributed by atoms with Crippen LogP contribution in [0.5, 0.6) is 0 Å². The summed E-state index contributed by atoms with van der Waals surface area (Å²) in [5.41, 5.74) is 4.77. The van der Waals surface area contributed by atoms with Gasteiger partial charge >= 0.3 is 0 Å². The Morgan fingerprint density at radius 1 is 1.18 bits per heavy atom. The predicted molar refractivity (Wildman–Crippen MR) is 115 cm³/mol. The van der Waals surface area contributed by atoms with E-state index in [2.05, 4.69) is 50.2 Å². The highest BCUT2D eigenvalue weighted by Gasteiger charge is 2.22. The van der Waals surface area contributed by atoms with Crippen LogP contribution in [0, 0.1) is 0 Å². The molecule has 1 aliphatic rings. The number of benzene rings is 2. The number of hydrogen-bond donors (Lipinski definition) is 3. The monoisotopic (exact) mass is 376 g/mol. The van der Waals surface area contributed by atoms with E-state index in [1.54, 1.807) is 6.20 Å². The molecule has 7 heteroatoms. The molecule has 0 aliphatic carbocycles. The Morgan fingerprint density at radius 2 is 2.04 bits per heavy atom. The van der Waals surface area contributed by atoms with Crippen molar-refractivity contribution in [3.63, 3.8) is 0 Å². The summed E-state index contributed by atoms with van der Waals surface area (Å²) >= 11 is 0. The molecule has 0 unspecified atom stereocenters. The van der Waals surface area contributed by atoms with Crippen LogP contribution in [0.15, 0.2) is 35.3 Å². The van der Waals surface area contributed by atoms with Crippen molar-refractivity contribution in [2.45, 2.75) is 20.5 Å². The van der Waals surface area contributed by atoms with E-state index in [0.29, 0.717) is 6.67 Å². The Morgan fingerprint density at radius 3 is 2.86 bits per heavy atom. The SMILES string of the molecule is CCN(CC)CCNc1ccc2c3c1c(=O)c1c4cn[nH]c4ccc1n3CN2. The van der Waals surface area contributed by atoms with Crippen LogP contribution >= 0.6 is 0 Å². The number of fused-ring (bicyclic) bond motifs is 4. The van der Waals surface area contributed by atoms with E-state index in [4.69, 9.17) is 0 Å². The van der Waals surface area contributed by atoms with Gasteiger partial charge in [-0.15, -0.1) is 0 Å². The van der Waals surface area contributed by atoms with Crippen LogP contribution < -0.4 is 16.1 Å². The molecule has 0 amide bonds. The van der Waals surface area contributed by atoms with Crippen LogP contribution in [0.2, 0.25) is 0 Å². The van der Waals surface area contributed by atoms with Gasteiger partial charge in [0.15, 0.2) is 5.43 Å². The van der Waals surface area contributed by atoms with Crippen molar-refractivity contribution in [2.75, 3.05) is 36.8 Å². The highest BCUT2D eigenvalue weighted by atomic mass is 16.1. The quantitative estimate of drug-likeness (QED) is 0.451. The molecule has 0 atom stereocenters. The molecule has 7 nitrogen and oxygen atoms in total. The Bertz CT molecular complexity index is 1250. The molecule has 0 fully saturated rings. The van der Waals surface area contributed by atoms with Gasteiger partial charge in [0.2, 0.25) is 0 Å². The third kappa shape index (κ3) is 2.39. The van der Waals surface area contributed by atoms with Crippen molar-refractivity contribution in [3.8, 4) is 0 Å². The fourth-order valence-corrected chi connectivity index (χ4v) is 4.32. The molecule has 2 aromatic heterocycles. The number of hydrogen-bond acceptors (Lipinski definition) is 5. The van der Waals surface area contributed by atoms with E-state index in [-0.39, 0.29) is 5.43 Å². The molecule has 0 bridgehead atoms. The minimum absolute atomic E-state index is 0.0594. The summed E-state index contributed by atoms with van der Waals surface area (Å²) < 4.78 is 2.20. The average Bonchev–Trinajstić information content (AvgIpc) is 3.36. The number of nitrogens with one attached hydrogen (secondary N) is 3. The maximum Gasteiger partial charge on any atom is 0.200 e. The lowest BCUT2D eigenvalue weighted by Crippen LogP contribution is -2.28. The third-order valence-electron chi connectivity index (χ3n) is 5.86. The van der Waals surface area contributed by atoms with Gasteiger partial charge in [-0.2, -0.15) is 5.10 Å². The molecular formula is C21H24N6O. The van der Waals surface area contributed by atoms with Gasteiger partial charge in [0.1, 0.15) is 0 Å². The van der Waals surface area contributed by atoms with Gasteiger partial charge in [0, 0.05) is 24.2 Å². The lowest BCUT2D eigenvalue weighted by molar-refractivity contribution is 0.316. The highest BCUT2D eigenvalue weighted by molar-refractivity contribution is 6.13. The van der Waals surface area contributed by atoms with Gasteiger partial charge in [0.05, 0.1) is 45.9 Å². The predicted octanol–water partition coefficient (Wildman–Crippen LogP) is 3.17. The number of likely N-dealkylation sites (N-methyl/N-ethyl adjacent to an activating group) is 1. The molecule has 0 saturated heterocycles.